The van der Waals surface area contributed by atoms with Gasteiger partial charge in [0.25, 0.3) is 0 Å². The smallest absolute Gasteiger partial charge is 0.410 e. The van der Waals surface area contributed by atoms with Crippen molar-refractivity contribution in [2.24, 2.45) is 0 Å². The van der Waals surface area contributed by atoms with Crippen molar-refractivity contribution in [2.75, 3.05) is 13.1 Å². The predicted octanol–water partition coefficient (Wildman–Crippen LogP) is 3.95. The number of hydrogen-bond donors (Lipinski definition) is 0. The van der Waals surface area contributed by atoms with Crippen LogP contribution in [0.15, 0.2) is 30.3 Å². The van der Waals surface area contributed by atoms with E-state index in [-0.39, 0.29) is 6.09 Å². The average Bonchev–Trinajstić information content (AvgIpc) is 2.39. The number of allylic oxidation sites excluding steroid dienone is 2. The molecule has 0 fully saturated rings. The van der Waals surface area contributed by atoms with Crippen LogP contribution < -0.4 is 4.74 Å². The number of hydrogen-bond acceptors (Lipinski definition) is 2. The van der Waals surface area contributed by atoms with Gasteiger partial charge in [0.2, 0.25) is 0 Å². The third-order valence-electron chi connectivity index (χ3n) is 2.95. The highest BCUT2D eigenvalue weighted by atomic mass is 16.6. The van der Waals surface area contributed by atoms with Crippen LogP contribution in [0.4, 0.5) is 4.79 Å². The SMILES string of the molecule is CC=C(C)c1cccc(OC(=O)N(CC)CC)c1. The number of rotatable bonds is 4. The van der Waals surface area contributed by atoms with E-state index < -0.39 is 0 Å². The molecule has 0 aliphatic rings. The van der Waals surface area contributed by atoms with Crippen LogP contribution in [0.2, 0.25) is 0 Å². The molecule has 0 N–H and O–H groups in total. The normalized spacial score (nSPS) is 11.2. The van der Waals surface area contributed by atoms with Crippen LogP contribution in [0.25, 0.3) is 5.57 Å². The quantitative estimate of drug-likeness (QED) is 0.806. The van der Waals surface area contributed by atoms with Crippen molar-refractivity contribution in [3.63, 3.8) is 0 Å². The van der Waals surface area contributed by atoms with Crippen molar-refractivity contribution in [1.82, 2.24) is 4.90 Å². The second-order valence-corrected chi connectivity index (χ2v) is 4.04. The number of benzene rings is 1. The maximum atomic E-state index is 11.8. The molecule has 0 bridgehead atoms. The van der Waals surface area contributed by atoms with Crippen molar-refractivity contribution in [3.8, 4) is 5.75 Å². The molecule has 3 nitrogen and oxygen atoms in total. The van der Waals surface area contributed by atoms with Gasteiger partial charge in [0.15, 0.2) is 0 Å². The van der Waals surface area contributed by atoms with Crippen LogP contribution in [0, 0.1) is 0 Å². The molecule has 0 saturated heterocycles. The minimum absolute atomic E-state index is 0.296. The van der Waals surface area contributed by atoms with Gasteiger partial charge in [-0.2, -0.15) is 0 Å². The lowest BCUT2D eigenvalue weighted by molar-refractivity contribution is 0.157. The molecule has 1 aromatic rings. The van der Waals surface area contributed by atoms with Crippen LogP contribution in [-0.4, -0.2) is 24.1 Å². The molecule has 0 aromatic heterocycles. The standard InChI is InChI=1S/C15H21NO2/c1-5-12(4)13-9-8-10-14(11-13)18-15(17)16(6-2)7-3/h5,8-11H,6-7H2,1-4H3. The van der Waals surface area contributed by atoms with Gasteiger partial charge in [-0.3, -0.25) is 0 Å². The number of ether oxygens (including phenoxy) is 1. The summed E-state index contributed by atoms with van der Waals surface area (Å²) in [6.07, 6.45) is 1.74. The molecule has 0 aliphatic heterocycles. The Bertz CT molecular complexity index is 434. The molecule has 0 heterocycles. The molecule has 0 unspecified atom stereocenters. The van der Waals surface area contributed by atoms with Crippen LogP contribution in [0.5, 0.6) is 5.75 Å². The van der Waals surface area contributed by atoms with Gasteiger partial charge in [-0.25, -0.2) is 4.79 Å². The van der Waals surface area contributed by atoms with Gasteiger partial charge in [0, 0.05) is 13.1 Å². The molecule has 0 spiro atoms. The number of carbonyl (C=O) groups excluding carboxylic acids is 1. The first-order chi connectivity index (χ1) is 8.62. The number of carbonyl (C=O) groups is 1. The van der Waals surface area contributed by atoms with Crippen LogP contribution in [0.1, 0.15) is 33.3 Å². The fourth-order valence-electron chi connectivity index (χ4n) is 1.62. The van der Waals surface area contributed by atoms with E-state index in [0.29, 0.717) is 18.8 Å². The first-order valence-corrected chi connectivity index (χ1v) is 6.32. The lowest BCUT2D eigenvalue weighted by Crippen LogP contribution is -2.33. The third kappa shape index (κ3) is 3.62. The Hall–Kier alpha value is -1.77. The molecule has 1 amide bonds. The van der Waals surface area contributed by atoms with E-state index in [1.165, 1.54) is 0 Å². The van der Waals surface area contributed by atoms with E-state index in [4.69, 9.17) is 4.74 Å². The zero-order valence-electron chi connectivity index (χ0n) is 11.6. The van der Waals surface area contributed by atoms with E-state index in [1.807, 2.05) is 52.0 Å². The molecule has 0 aliphatic carbocycles. The van der Waals surface area contributed by atoms with Crippen LogP contribution in [0.3, 0.4) is 0 Å². The lowest BCUT2D eigenvalue weighted by atomic mass is 10.1. The molecule has 18 heavy (non-hydrogen) atoms. The molecule has 3 heteroatoms. The summed E-state index contributed by atoms with van der Waals surface area (Å²) in [7, 11) is 0. The second-order valence-electron chi connectivity index (χ2n) is 4.04. The predicted molar refractivity (Wildman–Crippen MR) is 74.7 cm³/mol. The maximum Gasteiger partial charge on any atom is 0.415 e. The van der Waals surface area contributed by atoms with Gasteiger partial charge in [0.05, 0.1) is 0 Å². The second kappa shape index (κ2) is 6.84. The largest absolute Gasteiger partial charge is 0.415 e. The molecular weight excluding hydrogens is 226 g/mol. The molecule has 0 radical (unpaired) electrons. The van der Waals surface area contributed by atoms with E-state index >= 15 is 0 Å². The summed E-state index contributed by atoms with van der Waals surface area (Å²) in [5, 5.41) is 0. The first-order valence-electron chi connectivity index (χ1n) is 6.32. The van der Waals surface area contributed by atoms with Gasteiger partial charge < -0.3 is 9.64 Å². The summed E-state index contributed by atoms with van der Waals surface area (Å²) in [4.78, 5) is 13.5. The highest BCUT2D eigenvalue weighted by Crippen LogP contribution is 2.20. The van der Waals surface area contributed by atoms with E-state index in [1.54, 1.807) is 11.0 Å². The Balaban J connectivity index is 2.82. The number of nitrogens with zero attached hydrogens (tertiary/aromatic N) is 1. The summed E-state index contributed by atoms with van der Waals surface area (Å²) in [5.74, 6) is 0.589. The van der Waals surface area contributed by atoms with E-state index in [2.05, 4.69) is 0 Å². The maximum absolute atomic E-state index is 11.8. The Morgan fingerprint density at radius 2 is 2.00 bits per heavy atom. The summed E-state index contributed by atoms with van der Waals surface area (Å²) >= 11 is 0. The molecule has 1 aromatic carbocycles. The fourth-order valence-corrected chi connectivity index (χ4v) is 1.62. The molecule has 1 rings (SSSR count). The Morgan fingerprint density at radius 1 is 1.33 bits per heavy atom. The van der Waals surface area contributed by atoms with Gasteiger partial charge in [0.1, 0.15) is 5.75 Å². The van der Waals surface area contributed by atoms with Crippen molar-refractivity contribution in [2.45, 2.75) is 27.7 Å². The highest BCUT2D eigenvalue weighted by Gasteiger charge is 2.11. The van der Waals surface area contributed by atoms with Gasteiger partial charge >= 0.3 is 6.09 Å². The Kier molecular flexibility index (Phi) is 5.43. The summed E-state index contributed by atoms with van der Waals surface area (Å²) in [6.45, 7) is 9.21. The monoisotopic (exact) mass is 247 g/mol. The van der Waals surface area contributed by atoms with Gasteiger partial charge in [-0.15, -0.1) is 0 Å². The van der Waals surface area contributed by atoms with E-state index in [0.717, 1.165) is 11.1 Å². The summed E-state index contributed by atoms with van der Waals surface area (Å²) < 4.78 is 5.35. The fraction of sp³-hybridized carbons (Fsp3) is 0.400. The Labute approximate surface area is 109 Å². The zero-order chi connectivity index (χ0) is 13.5. The lowest BCUT2D eigenvalue weighted by Gasteiger charge is -2.18. The number of amides is 1. The molecule has 0 saturated carbocycles. The molecular formula is C15H21NO2. The average molecular weight is 247 g/mol. The van der Waals surface area contributed by atoms with Gasteiger partial charge in [-0.1, -0.05) is 18.2 Å². The first kappa shape index (κ1) is 14.3. The van der Waals surface area contributed by atoms with Crippen LogP contribution >= 0.6 is 0 Å². The minimum Gasteiger partial charge on any atom is -0.410 e. The molecule has 98 valence electrons. The third-order valence-corrected chi connectivity index (χ3v) is 2.95. The van der Waals surface area contributed by atoms with Crippen molar-refractivity contribution in [1.29, 1.82) is 0 Å². The van der Waals surface area contributed by atoms with Crippen molar-refractivity contribution in [3.05, 3.63) is 35.9 Å². The topological polar surface area (TPSA) is 29.5 Å². The van der Waals surface area contributed by atoms with Crippen molar-refractivity contribution >= 4 is 11.7 Å². The zero-order valence-corrected chi connectivity index (χ0v) is 11.6. The Morgan fingerprint density at radius 3 is 2.56 bits per heavy atom. The van der Waals surface area contributed by atoms with Crippen molar-refractivity contribution < 1.29 is 9.53 Å². The highest BCUT2D eigenvalue weighted by molar-refractivity contribution is 5.72. The van der Waals surface area contributed by atoms with Crippen LogP contribution in [-0.2, 0) is 0 Å². The molecule has 0 atom stereocenters. The summed E-state index contributed by atoms with van der Waals surface area (Å²) in [5.41, 5.74) is 2.23. The van der Waals surface area contributed by atoms with E-state index in [9.17, 15) is 4.79 Å². The summed E-state index contributed by atoms with van der Waals surface area (Å²) in [6, 6.07) is 7.59. The minimum atomic E-state index is -0.296. The van der Waals surface area contributed by atoms with Gasteiger partial charge in [-0.05, 0) is 51.0 Å².